The van der Waals surface area contributed by atoms with Crippen molar-refractivity contribution in [1.82, 2.24) is 10.2 Å². The molecule has 0 radical (unpaired) electrons. The molecule has 1 aliphatic heterocycles. The van der Waals surface area contributed by atoms with Crippen LogP contribution < -0.4 is 10.6 Å². The summed E-state index contributed by atoms with van der Waals surface area (Å²) in [5.74, 6) is 4.88. The van der Waals surface area contributed by atoms with Gasteiger partial charge in [0.15, 0.2) is 5.78 Å². The van der Waals surface area contributed by atoms with E-state index in [-0.39, 0.29) is 5.91 Å². The van der Waals surface area contributed by atoms with E-state index in [1.54, 1.807) is 24.3 Å². The Kier molecular flexibility index (Phi) is 10.2. The highest BCUT2D eigenvalue weighted by atomic mass is 16.3. The molecule has 1 saturated heterocycles. The molecular weight excluding hydrogens is 458 g/mol. The summed E-state index contributed by atoms with van der Waals surface area (Å²) >= 11 is 0. The van der Waals surface area contributed by atoms with E-state index in [4.69, 9.17) is 5.11 Å². The number of carbonyl (C=O) groups is 3. The van der Waals surface area contributed by atoms with E-state index in [0.29, 0.717) is 17.7 Å². The number of ketones is 1. The van der Waals surface area contributed by atoms with Crippen molar-refractivity contribution in [2.24, 2.45) is 0 Å². The van der Waals surface area contributed by atoms with Crippen LogP contribution in [0.4, 0.5) is 5.69 Å². The number of Topliss-reactive ketones (excluding diaryl/α,β-unsaturated/α-hetero) is 1. The fourth-order valence-corrected chi connectivity index (χ4v) is 3.98. The van der Waals surface area contributed by atoms with Crippen molar-refractivity contribution in [2.75, 3.05) is 31.6 Å². The molecule has 0 aliphatic carbocycles. The van der Waals surface area contributed by atoms with Crippen molar-refractivity contribution in [3.8, 4) is 11.8 Å². The van der Waals surface area contributed by atoms with Gasteiger partial charge in [0.1, 0.15) is 12.6 Å². The maximum atomic E-state index is 12.4. The number of nitrogens with zero attached hydrogens (tertiary/aromatic N) is 1. The highest BCUT2D eigenvalue weighted by Crippen LogP contribution is 2.12. The number of aliphatic hydroxyl groups excluding tert-OH is 2. The Hall–Kier alpha value is -3.51. The second-order valence-corrected chi connectivity index (χ2v) is 8.96. The molecule has 0 saturated carbocycles. The number of hydrogen-bond donors (Lipinski definition) is 4. The third kappa shape index (κ3) is 8.31. The Bertz CT molecular complexity index is 1090. The van der Waals surface area contributed by atoms with Crippen LogP contribution >= 0.6 is 0 Å². The first-order valence-electron chi connectivity index (χ1n) is 12.2. The Labute approximate surface area is 211 Å². The molecular formula is C28H33N3O5. The first-order chi connectivity index (χ1) is 17.4. The monoisotopic (exact) mass is 491 g/mol. The van der Waals surface area contributed by atoms with Crippen molar-refractivity contribution in [3.05, 3.63) is 65.2 Å². The zero-order valence-corrected chi connectivity index (χ0v) is 20.5. The third-order valence-electron chi connectivity index (χ3n) is 6.00. The number of nitrogens with one attached hydrogen (secondary N) is 2. The molecule has 0 unspecified atom stereocenters. The minimum Gasteiger partial charge on any atom is -0.391 e. The molecule has 8 nitrogen and oxygen atoms in total. The topological polar surface area (TPSA) is 119 Å². The summed E-state index contributed by atoms with van der Waals surface area (Å²) in [4.78, 5) is 38.6. The number of amides is 2. The molecule has 1 heterocycles. The molecule has 2 aromatic carbocycles. The highest BCUT2D eigenvalue weighted by Gasteiger charge is 2.25. The molecule has 2 aromatic rings. The zero-order chi connectivity index (χ0) is 25.9. The average Bonchev–Trinajstić information content (AvgIpc) is 3.15. The molecule has 1 fully saturated rings. The lowest BCUT2D eigenvalue weighted by Gasteiger charge is -2.19. The largest absolute Gasteiger partial charge is 0.391 e. The van der Waals surface area contributed by atoms with Crippen LogP contribution in [-0.4, -0.2) is 71.1 Å². The Morgan fingerprint density at radius 1 is 0.917 bits per heavy atom. The molecule has 4 N–H and O–H groups in total. The summed E-state index contributed by atoms with van der Waals surface area (Å²) in [7, 11) is 0. The van der Waals surface area contributed by atoms with Crippen LogP contribution in [0.3, 0.4) is 0 Å². The summed E-state index contributed by atoms with van der Waals surface area (Å²) in [6.07, 6.45) is 3.63. The number of anilines is 1. The van der Waals surface area contributed by atoms with Gasteiger partial charge in [0.25, 0.3) is 5.91 Å². The van der Waals surface area contributed by atoms with Gasteiger partial charge in [0.05, 0.1) is 12.6 Å². The van der Waals surface area contributed by atoms with E-state index in [2.05, 4.69) is 27.4 Å². The van der Waals surface area contributed by atoms with Crippen molar-refractivity contribution in [2.45, 2.75) is 44.8 Å². The molecule has 3 rings (SSSR count). The summed E-state index contributed by atoms with van der Waals surface area (Å²) < 4.78 is 0. The van der Waals surface area contributed by atoms with E-state index >= 15 is 0 Å². The Morgan fingerprint density at radius 3 is 2.00 bits per heavy atom. The van der Waals surface area contributed by atoms with Crippen LogP contribution in [0.15, 0.2) is 48.5 Å². The van der Waals surface area contributed by atoms with E-state index in [9.17, 15) is 19.5 Å². The predicted molar refractivity (Wildman–Crippen MR) is 137 cm³/mol. The fourth-order valence-electron chi connectivity index (χ4n) is 3.98. The van der Waals surface area contributed by atoms with Crippen LogP contribution in [0.1, 0.15) is 54.1 Å². The van der Waals surface area contributed by atoms with E-state index in [1.165, 1.54) is 19.8 Å². The quantitative estimate of drug-likeness (QED) is 0.419. The van der Waals surface area contributed by atoms with Crippen molar-refractivity contribution < 1.29 is 24.6 Å². The van der Waals surface area contributed by atoms with Crippen LogP contribution in [0.25, 0.3) is 0 Å². The van der Waals surface area contributed by atoms with Gasteiger partial charge < -0.3 is 20.8 Å². The van der Waals surface area contributed by atoms with Crippen molar-refractivity contribution in [3.63, 3.8) is 0 Å². The molecule has 190 valence electrons. The molecule has 2 atom stereocenters. The summed E-state index contributed by atoms with van der Waals surface area (Å²) in [6.45, 7) is 2.95. The molecule has 0 spiro atoms. The van der Waals surface area contributed by atoms with Gasteiger partial charge in [-0.25, -0.2) is 0 Å². The standard InChI is InChI=1S/C28H33N3O5/c1-20(33)27(25(34)19-32)30-28(36)23-12-8-21(9-13-23)6-7-22-10-14-24(15-11-22)29-26(35)18-31-16-4-2-3-5-17-31/h8-15,20,27,32-33H,2-5,16-19H2,1H3,(H,29,35)(H,30,36)/t20-,27+/m1/s1. The van der Waals surface area contributed by atoms with E-state index in [0.717, 1.165) is 37.2 Å². The molecule has 36 heavy (non-hydrogen) atoms. The molecule has 1 aliphatic rings. The van der Waals surface area contributed by atoms with Crippen molar-refractivity contribution in [1.29, 1.82) is 0 Å². The minimum absolute atomic E-state index is 0.0136. The molecule has 2 amide bonds. The first-order valence-corrected chi connectivity index (χ1v) is 12.2. The zero-order valence-electron chi connectivity index (χ0n) is 20.5. The van der Waals surface area contributed by atoms with Crippen LogP contribution in [0.2, 0.25) is 0 Å². The SMILES string of the molecule is C[C@@H](O)[C@H](NC(=O)c1ccc(C#Cc2ccc(NC(=O)CN3CCCCCC3)cc2)cc1)C(=O)CO. The lowest BCUT2D eigenvalue weighted by atomic mass is 10.1. The van der Waals surface area contributed by atoms with E-state index in [1.807, 2.05) is 24.3 Å². The summed E-state index contributed by atoms with van der Waals surface area (Å²) in [6, 6.07) is 12.7. The van der Waals surface area contributed by atoms with Gasteiger partial charge in [-0.05, 0) is 81.4 Å². The lowest BCUT2D eigenvalue weighted by molar-refractivity contribution is -0.126. The number of rotatable bonds is 8. The maximum absolute atomic E-state index is 12.4. The van der Waals surface area contributed by atoms with Gasteiger partial charge in [-0.2, -0.15) is 0 Å². The maximum Gasteiger partial charge on any atom is 0.251 e. The van der Waals surface area contributed by atoms with Gasteiger partial charge >= 0.3 is 0 Å². The predicted octanol–water partition coefficient (Wildman–Crippen LogP) is 1.94. The number of carbonyl (C=O) groups excluding carboxylic acids is 3. The average molecular weight is 492 g/mol. The number of aliphatic hydroxyl groups is 2. The lowest BCUT2D eigenvalue weighted by Crippen LogP contribution is -2.48. The second kappa shape index (κ2) is 13.5. The normalized spacial score (nSPS) is 15.5. The smallest absolute Gasteiger partial charge is 0.251 e. The third-order valence-corrected chi connectivity index (χ3v) is 6.00. The van der Waals surface area contributed by atoms with Gasteiger partial charge in [-0.1, -0.05) is 24.7 Å². The minimum atomic E-state index is -1.18. The molecule has 8 heteroatoms. The van der Waals surface area contributed by atoms with Gasteiger partial charge in [-0.15, -0.1) is 0 Å². The van der Waals surface area contributed by atoms with Gasteiger partial charge in [0.2, 0.25) is 5.91 Å². The van der Waals surface area contributed by atoms with Crippen LogP contribution in [0.5, 0.6) is 0 Å². The van der Waals surface area contributed by atoms with Crippen molar-refractivity contribution >= 4 is 23.3 Å². The fraction of sp³-hybridized carbons (Fsp3) is 0.393. The summed E-state index contributed by atoms with van der Waals surface area (Å²) in [5, 5.41) is 24.1. The molecule has 0 aromatic heterocycles. The number of hydrogen-bond acceptors (Lipinski definition) is 6. The molecule has 0 bridgehead atoms. The number of likely N-dealkylation sites (tertiary alicyclic amines) is 1. The highest BCUT2D eigenvalue weighted by molar-refractivity contribution is 5.98. The van der Waals surface area contributed by atoms with E-state index < -0.39 is 30.4 Å². The Morgan fingerprint density at radius 2 is 1.47 bits per heavy atom. The number of benzene rings is 2. The first kappa shape index (κ1) is 27.1. The van der Waals surface area contributed by atoms with Gasteiger partial charge in [-0.3, -0.25) is 19.3 Å². The van der Waals surface area contributed by atoms with Gasteiger partial charge in [0, 0.05) is 22.4 Å². The summed E-state index contributed by atoms with van der Waals surface area (Å²) in [5.41, 5.74) is 2.51. The van der Waals surface area contributed by atoms with Crippen LogP contribution in [-0.2, 0) is 9.59 Å². The Balaban J connectivity index is 1.54. The van der Waals surface area contributed by atoms with Crippen LogP contribution in [0, 0.1) is 11.8 Å². The second-order valence-electron chi connectivity index (χ2n) is 8.96.